The molecule has 230 valence electrons. The van der Waals surface area contributed by atoms with Crippen LogP contribution in [0.4, 0.5) is 34.1 Å². The summed E-state index contributed by atoms with van der Waals surface area (Å²) in [6.07, 6.45) is 0. The van der Waals surface area contributed by atoms with Crippen molar-refractivity contribution in [1.29, 1.82) is 0 Å². The summed E-state index contributed by atoms with van der Waals surface area (Å²) in [6, 6.07) is 60.6. The smallest absolute Gasteiger partial charge is 0.137 e. The molecule has 1 heterocycles. The Bertz CT molecular complexity index is 2420. The Labute approximate surface area is 280 Å². The summed E-state index contributed by atoms with van der Waals surface area (Å²) in [5, 5.41) is 2.26. The Morgan fingerprint density at radius 2 is 0.854 bits per heavy atom. The molecule has 0 fully saturated rings. The fraction of sp³-hybridized carbons (Fsp3) is 0.0667. The molecular weight excluding hydrogens is 585 g/mol. The van der Waals surface area contributed by atoms with E-state index in [1.54, 1.807) is 0 Å². The molecule has 7 aromatic carbocycles. The van der Waals surface area contributed by atoms with Crippen LogP contribution < -0.4 is 9.80 Å². The molecule has 3 nitrogen and oxygen atoms in total. The number of anilines is 6. The van der Waals surface area contributed by atoms with Crippen molar-refractivity contribution >= 4 is 56.1 Å². The second kappa shape index (κ2) is 11.0. The van der Waals surface area contributed by atoms with E-state index in [2.05, 4.69) is 181 Å². The molecule has 0 unspecified atom stereocenters. The van der Waals surface area contributed by atoms with E-state index in [0.717, 1.165) is 56.1 Å². The number of hydrogen-bond acceptors (Lipinski definition) is 3. The Balaban J connectivity index is 1.14. The van der Waals surface area contributed by atoms with Crippen LogP contribution in [0.5, 0.6) is 0 Å². The summed E-state index contributed by atoms with van der Waals surface area (Å²) in [5.41, 5.74) is 13.7. The minimum atomic E-state index is -0.0781. The van der Waals surface area contributed by atoms with Crippen LogP contribution in [-0.2, 0) is 5.41 Å². The molecule has 3 heteroatoms. The number of rotatable bonds is 6. The van der Waals surface area contributed by atoms with Crippen molar-refractivity contribution < 1.29 is 4.42 Å². The highest BCUT2D eigenvalue weighted by atomic mass is 16.3. The lowest BCUT2D eigenvalue weighted by atomic mass is 9.82. The lowest BCUT2D eigenvalue weighted by Crippen LogP contribution is -2.16. The summed E-state index contributed by atoms with van der Waals surface area (Å²) in [6.45, 7) is 4.67. The van der Waals surface area contributed by atoms with Crippen molar-refractivity contribution in [2.24, 2.45) is 0 Å². The van der Waals surface area contributed by atoms with E-state index >= 15 is 0 Å². The zero-order valence-electron chi connectivity index (χ0n) is 27.0. The lowest BCUT2D eigenvalue weighted by molar-refractivity contribution is 0.660. The third kappa shape index (κ3) is 4.51. The molecule has 1 aromatic heterocycles. The van der Waals surface area contributed by atoms with Crippen LogP contribution in [0.1, 0.15) is 25.0 Å². The molecule has 0 saturated carbocycles. The minimum absolute atomic E-state index is 0.0781. The molecule has 48 heavy (non-hydrogen) atoms. The van der Waals surface area contributed by atoms with E-state index in [4.69, 9.17) is 4.42 Å². The summed E-state index contributed by atoms with van der Waals surface area (Å²) in [5.74, 6) is 0. The third-order valence-corrected chi connectivity index (χ3v) is 9.84. The van der Waals surface area contributed by atoms with Gasteiger partial charge in [-0.25, -0.2) is 0 Å². The van der Waals surface area contributed by atoms with E-state index in [0.29, 0.717) is 0 Å². The summed E-state index contributed by atoms with van der Waals surface area (Å²) < 4.78 is 6.30. The standard InChI is InChI=1S/C45H34N2O/c1-45(2)41-19-11-9-17-37(41)38-27-25-35(29-42(38)45)46(31-13-5-3-6-14-31)33-21-23-34(24-22-33)47(32-15-7-4-8-16-32)36-26-28-40-39-18-10-12-20-43(39)48-44(40)30-36/h3-30H,1-2H3. The van der Waals surface area contributed by atoms with Gasteiger partial charge in [0.15, 0.2) is 0 Å². The van der Waals surface area contributed by atoms with Crippen LogP contribution in [0.15, 0.2) is 174 Å². The monoisotopic (exact) mass is 618 g/mol. The van der Waals surface area contributed by atoms with Gasteiger partial charge in [-0.05, 0) is 101 Å². The SMILES string of the molecule is CC1(C)c2ccccc2-c2ccc(N(c3ccccc3)c3ccc(N(c4ccccc4)c4ccc5c(c4)oc4ccccc45)cc3)cc21. The first-order valence-electron chi connectivity index (χ1n) is 16.5. The van der Waals surface area contributed by atoms with Gasteiger partial charge in [-0.2, -0.15) is 0 Å². The van der Waals surface area contributed by atoms with Crippen LogP contribution in [0.25, 0.3) is 33.1 Å². The zero-order valence-corrected chi connectivity index (χ0v) is 27.0. The second-order valence-corrected chi connectivity index (χ2v) is 13.0. The zero-order chi connectivity index (χ0) is 32.2. The van der Waals surface area contributed by atoms with Crippen molar-refractivity contribution in [2.45, 2.75) is 19.3 Å². The first-order valence-corrected chi connectivity index (χ1v) is 16.5. The van der Waals surface area contributed by atoms with E-state index in [-0.39, 0.29) is 5.41 Å². The number of furan rings is 1. The fourth-order valence-corrected chi connectivity index (χ4v) is 7.48. The highest BCUT2D eigenvalue weighted by Gasteiger charge is 2.35. The molecule has 8 aromatic rings. The lowest BCUT2D eigenvalue weighted by Gasteiger charge is -2.29. The molecule has 0 spiro atoms. The van der Waals surface area contributed by atoms with Crippen molar-refractivity contribution in [1.82, 2.24) is 0 Å². The van der Waals surface area contributed by atoms with Gasteiger partial charge in [0.1, 0.15) is 11.2 Å². The van der Waals surface area contributed by atoms with Crippen molar-refractivity contribution in [2.75, 3.05) is 9.80 Å². The maximum atomic E-state index is 6.30. The molecule has 0 N–H and O–H groups in total. The molecule has 0 bridgehead atoms. The molecule has 0 amide bonds. The summed E-state index contributed by atoms with van der Waals surface area (Å²) in [7, 11) is 0. The highest BCUT2D eigenvalue weighted by Crippen LogP contribution is 2.50. The van der Waals surface area contributed by atoms with Gasteiger partial charge in [0.05, 0.1) is 0 Å². The second-order valence-electron chi connectivity index (χ2n) is 13.0. The Morgan fingerprint density at radius 3 is 1.54 bits per heavy atom. The molecule has 1 aliphatic rings. The van der Waals surface area contributed by atoms with Gasteiger partial charge in [0.2, 0.25) is 0 Å². The maximum Gasteiger partial charge on any atom is 0.137 e. The topological polar surface area (TPSA) is 19.6 Å². The number of nitrogens with zero attached hydrogens (tertiary/aromatic N) is 2. The fourth-order valence-electron chi connectivity index (χ4n) is 7.48. The van der Waals surface area contributed by atoms with E-state index < -0.39 is 0 Å². The van der Waals surface area contributed by atoms with Gasteiger partial charge in [-0.1, -0.05) is 98.8 Å². The molecule has 9 rings (SSSR count). The van der Waals surface area contributed by atoms with Gasteiger partial charge in [0.25, 0.3) is 0 Å². The molecule has 0 atom stereocenters. The molecule has 0 aliphatic heterocycles. The van der Waals surface area contributed by atoms with Crippen LogP contribution in [-0.4, -0.2) is 0 Å². The molecular formula is C45H34N2O. The van der Waals surface area contributed by atoms with E-state index in [1.165, 1.54) is 22.3 Å². The van der Waals surface area contributed by atoms with Gasteiger partial charge >= 0.3 is 0 Å². The Morgan fingerprint density at radius 1 is 0.375 bits per heavy atom. The molecule has 1 aliphatic carbocycles. The molecule has 0 radical (unpaired) electrons. The normalized spacial score (nSPS) is 13.0. The third-order valence-electron chi connectivity index (χ3n) is 9.84. The quantitative estimate of drug-likeness (QED) is 0.185. The van der Waals surface area contributed by atoms with Gasteiger partial charge in [-0.3, -0.25) is 0 Å². The van der Waals surface area contributed by atoms with Gasteiger partial charge in [-0.15, -0.1) is 0 Å². The summed E-state index contributed by atoms with van der Waals surface area (Å²) >= 11 is 0. The Hall–Kier alpha value is -6.06. The average Bonchev–Trinajstić information content (AvgIpc) is 3.62. The summed E-state index contributed by atoms with van der Waals surface area (Å²) in [4.78, 5) is 4.65. The predicted molar refractivity (Wildman–Crippen MR) is 201 cm³/mol. The number of hydrogen-bond donors (Lipinski definition) is 0. The van der Waals surface area contributed by atoms with Gasteiger partial charge < -0.3 is 14.2 Å². The van der Waals surface area contributed by atoms with Crippen LogP contribution in [0.2, 0.25) is 0 Å². The van der Waals surface area contributed by atoms with Crippen molar-refractivity contribution in [3.05, 3.63) is 181 Å². The first-order chi connectivity index (χ1) is 23.6. The van der Waals surface area contributed by atoms with Crippen LogP contribution >= 0.6 is 0 Å². The first kappa shape index (κ1) is 28.2. The maximum absolute atomic E-state index is 6.30. The minimum Gasteiger partial charge on any atom is -0.456 e. The van der Waals surface area contributed by atoms with Crippen molar-refractivity contribution in [3.63, 3.8) is 0 Å². The predicted octanol–water partition coefficient (Wildman–Crippen LogP) is 12.8. The van der Waals surface area contributed by atoms with Gasteiger partial charge in [0, 0.05) is 56.4 Å². The Kier molecular flexibility index (Phi) is 6.48. The number of fused-ring (bicyclic) bond motifs is 6. The number of benzene rings is 7. The molecule has 0 saturated heterocycles. The van der Waals surface area contributed by atoms with E-state index in [9.17, 15) is 0 Å². The van der Waals surface area contributed by atoms with Crippen LogP contribution in [0, 0.1) is 0 Å². The van der Waals surface area contributed by atoms with Crippen LogP contribution in [0.3, 0.4) is 0 Å². The average molecular weight is 619 g/mol. The number of para-hydroxylation sites is 3. The largest absolute Gasteiger partial charge is 0.456 e. The van der Waals surface area contributed by atoms with Crippen molar-refractivity contribution in [3.8, 4) is 11.1 Å². The highest BCUT2D eigenvalue weighted by molar-refractivity contribution is 6.06. The van der Waals surface area contributed by atoms with E-state index in [1.807, 2.05) is 12.1 Å².